The Kier molecular flexibility index (Phi) is 4.61. The SMILES string of the molecule is CCNC(=O)C(C)Sc1ccc(N)cc1F. The van der Waals surface area contributed by atoms with E-state index in [9.17, 15) is 9.18 Å². The zero-order valence-corrected chi connectivity index (χ0v) is 10.1. The fraction of sp³-hybridized carbons (Fsp3) is 0.364. The Bertz CT molecular complexity index is 384. The van der Waals surface area contributed by atoms with E-state index in [-0.39, 0.29) is 17.0 Å². The molecule has 1 atom stereocenters. The van der Waals surface area contributed by atoms with E-state index in [0.29, 0.717) is 17.1 Å². The third kappa shape index (κ3) is 3.41. The number of amides is 1. The number of hydrogen-bond acceptors (Lipinski definition) is 3. The molecule has 0 fully saturated rings. The molecule has 88 valence electrons. The van der Waals surface area contributed by atoms with Crippen molar-refractivity contribution in [3.63, 3.8) is 0 Å². The molecule has 5 heteroatoms. The Morgan fingerprint density at radius 3 is 2.88 bits per heavy atom. The summed E-state index contributed by atoms with van der Waals surface area (Å²) in [5.74, 6) is -0.482. The van der Waals surface area contributed by atoms with Crippen molar-refractivity contribution >= 4 is 23.4 Å². The molecule has 0 aromatic heterocycles. The van der Waals surface area contributed by atoms with Crippen LogP contribution in [0.3, 0.4) is 0 Å². The van der Waals surface area contributed by atoms with Gasteiger partial charge in [0.05, 0.1) is 5.25 Å². The van der Waals surface area contributed by atoms with Crippen LogP contribution in [-0.2, 0) is 4.79 Å². The molecule has 0 radical (unpaired) electrons. The van der Waals surface area contributed by atoms with Crippen LogP contribution in [0, 0.1) is 5.82 Å². The van der Waals surface area contributed by atoms with Crippen LogP contribution < -0.4 is 11.1 Å². The van der Waals surface area contributed by atoms with E-state index in [1.165, 1.54) is 17.8 Å². The Labute approximate surface area is 98.6 Å². The van der Waals surface area contributed by atoms with E-state index in [2.05, 4.69) is 5.32 Å². The van der Waals surface area contributed by atoms with Gasteiger partial charge in [0.15, 0.2) is 0 Å². The van der Waals surface area contributed by atoms with Crippen molar-refractivity contribution in [2.45, 2.75) is 24.0 Å². The van der Waals surface area contributed by atoms with Gasteiger partial charge in [0.25, 0.3) is 0 Å². The summed E-state index contributed by atoms with van der Waals surface area (Å²) in [5.41, 5.74) is 5.82. The van der Waals surface area contributed by atoms with E-state index in [1.807, 2.05) is 6.92 Å². The fourth-order valence-electron chi connectivity index (χ4n) is 1.17. The molecule has 16 heavy (non-hydrogen) atoms. The Hall–Kier alpha value is -1.23. The lowest BCUT2D eigenvalue weighted by atomic mass is 10.3. The van der Waals surface area contributed by atoms with E-state index in [0.717, 1.165) is 0 Å². The lowest BCUT2D eigenvalue weighted by Crippen LogP contribution is -2.30. The van der Waals surface area contributed by atoms with Crippen LogP contribution in [0.1, 0.15) is 13.8 Å². The molecular weight excluding hydrogens is 227 g/mol. The van der Waals surface area contributed by atoms with Gasteiger partial charge in [-0.05, 0) is 32.0 Å². The number of benzene rings is 1. The highest BCUT2D eigenvalue weighted by Gasteiger charge is 2.15. The number of halogens is 1. The van der Waals surface area contributed by atoms with Gasteiger partial charge in [-0.1, -0.05) is 0 Å². The smallest absolute Gasteiger partial charge is 0.233 e. The third-order valence-electron chi connectivity index (χ3n) is 1.98. The average molecular weight is 242 g/mol. The molecule has 0 aliphatic heterocycles. The van der Waals surface area contributed by atoms with Crippen LogP contribution in [0.2, 0.25) is 0 Å². The van der Waals surface area contributed by atoms with Gasteiger partial charge < -0.3 is 11.1 Å². The maximum atomic E-state index is 13.4. The van der Waals surface area contributed by atoms with E-state index in [1.54, 1.807) is 19.1 Å². The first-order valence-electron chi connectivity index (χ1n) is 5.04. The van der Waals surface area contributed by atoms with Gasteiger partial charge in [0.1, 0.15) is 5.82 Å². The van der Waals surface area contributed by atoms with Crippen LogP contribution in [0.25, 0.3) is 0 Å². The second kappa shape index (κ2) is 5.75. The topological polar surface area (TPSA) is 55.1 Å². The van der Waals surface area contributed by atoms with Crippen molar-refractivity contribution in [2.75, 3.05) is 12.3 Å². The van der Waals surface area contributed by atoms with Gasteiger partial charge in [0, 0.05) is 17.1 Å². The van der Waals surface area contributed by atoms with Crippen molar-refractivity contribution in [3.8, 4) is 0 Å². The van der Waals surface area contributed by atoms with E-state index >= 15 is 0 Å². The number of nitrogens with one attached hydrogen (secondary N) is 1. The normalized spacial score (nSPS) is 12.2. The van der Waals surface area contributed by atoms with Gasteiger partial charge in [0.2, 0.25) is 5.91 Å². The van der Waals surface area contributed by atoms with Crippen LogP contribution in [0.5, 0.6) is 0 Å². The molecule has 3 N–H and O–H groups in total. The maximum absolute atomic E-state index is 13.4. The summed E-state index contributed by atoms with van der Waals surface area (Å²) in [4.78, 5) is 11.9. The second-order valence-corrected chi connectivity index (χ2v) is 4.73. The molecule has 0 bridgehead atoms. The highest BCUT2D eigenvalue weighted by atomic mass is 32.2. The van der Waals surface area contributed by atoms with Gasteiger partial charge in [-0.3, -0.25) is 4.79 Å². The van der Waals surface area contributed by atoms with Crippen molar-refractivity contribution in [1.29, 1.82) is 0 Å². The van der Waals surface area contributed by atoms with Crippen LogP contribution >= 0.6 is 11.8 Å². The zero-order chi connectivity index (χ0) is 12.1. The molecule has 1 aromatic rings. The first kappa shape index (κ1) is 12.8. The number of carbonyl (C=O) groups is 1. The van der Waals surface area contributed by atoms with E-state index in [4.69, 9.17) is 5.73 Å². The number of carbonyl (C=O) groups excluding carboxylic acids is 1. The lowest BCUT2D eigenvalue weighted by molar-refractivity contribution is -0.120. The molecule has 3 nitrogen and oxygen atoms in total. The Morgan fingerprint density at radius 2 is 2.31 bits per heavy atom. The number of rotatable bonds is 4. The monoisotopic (exact) mass is 242 g/mol. The predicted molar refractivity (Wildman–Crippen MR) is 64.8 cm³/mol. The van der Waals surface area contributed by atoms with E-state index < -0.39 is 0 Å². The minimum Gasteiger partial charge on any atom is -0.399 e. The molecule has 0 saturated carbocycles. The standard InChI is InChI=1S/C11H15FN2OS/c1-3-14-11(15)7(2)16-10-5-4-8(13)6-9(10)12/h4-7H,3,13H2,1-2H3,(H,14,15). The Balaban J connectivity index is 2.69. The molecule has 0 saturated heterocycles. The summed E-state index contributed by atoms with van der Waals surface area (Å²) in [6.07, 6.45) is 0. The van der Waals surface area contributed by atoms with Gasteiger partial charge in [-0.2, -0.15) is 0 Å². The summed E-state index contributed by atoms with van der Waals surface area (Å²) in [7, 11) is 0. The highest BCUT2D eigenvalue weighted by Crippen LogP contribution is 2.27. The summed E-state index contributed by atoms with van der Waals surface area (Å²) >= 11 is 1.18. The van der Waals surface area contributed by atoms with Gasteiger partial charge in [-0.15, -0.1) is 11.8 Å². The van der Waals surface area contributed by atoms with Crippen molar-refractivity contribution < 1.29 is 9.18 Å². The summed E-state index contributed by atoms with van der Waals surface area (Å²) in [5, 5.41) is 2.37. The minimum absolute atomic E-state index is 0.0938. The van der Waals surface area contributed by atoms with Gasteiger partial charge >= 0.3 is 0 Å². The number of nitrogen functional groups attached to an aromatic ring is 1. The first-order chi connectivity index (χ1) is 7.54. The quantitative estimate of drug-likeness (QED) is 0.627. The lowest BCUT2D eigenvalue weighted by Gasteiger charge is -2.11. The molecular formula is C11H15FN2OS. The highest BCUT2D eigenvalue weighted by molar-refractivity contribution is 8.00. The second-order valence-electron chi connectivity index (χ2n) is 3.34. The molecule has 1 unspecified atom stereocenters. The molecule has 1 aromatic carbocycles. The average Bonchev–Trinajstić information content (AvgIpc) is 2.22. The number of anilines is 1. The maximum Gasteiger partial charge on any atom is 0.233 e. The predicted octanol–water partition coefficient (Wildman–Crippen LogP) is 2.02. The third-order valence-corrected chi connectivity index (χ3v) is 3.13. The van der Waals surface area contributed by atoms with Crippen molar-refractivity contribution in [3.05, 3.63) is 24.0 Å². The van der Waals surface area contributed by atoms with Crippen molar-refractivity contribution in [2.24, 2.45) is 0 Å². The summed E-state index contributed by atoms with van der Waals surface area (Å²) in [6.45, 7) is 4.17. The van der Waals surface area contributed by atoms with Crippen LogP contribution in [0.15, 0.2) is 23.1 Å². The number of hydrogen-bond donors (Lipinski definition) is 2. The number of thioether (sulfide) groups is 1. The largest absolute Gasteiger partial charge is 0.399 e. The van der Waals surface area contributed by atoms with Crippen molar-refractivity contribution in [1.82, 2.24) is 5.32 Å². The molecule has 1 amide bonds. The Morgan fingerprint density at radius 1 is 1.62 bits per heavy atom. The zero-order valence-electron chi connectivity index (χ0n) is 9.29. The van der Waals surface area contributed by atoms with Crippen LogP contribution in [0.4, 0.5) is 10.1 Å². The molecule has 1 rings (SSSR count). The summed E-state index contributed by atoms with van der Waals surface area (Å²) < 4.78 is 13.4. The van der Waals surface area contributed by atoms with Gasteiger partial charge in [-0.25, -0.2) is 4.39 Å². The molecule has 0 heterocycles. The molecule has 0 aliphatic carbocycles. The fourth-order valence-corrected chi connectivity index (χ4v) is 2.06. The minimum atomic E-state index is -0.388. The first-order valence-corrected chi connectivity index (χ1v) is 5.92. The number of nitrogens with two attached hydrogens (primary N) is 1. The molecule has 0 spiro atoms. The molecule has 0 aliphatic rings. The summed E-state index contributed by atoms with van der Waals surface area (Å²) in [6, 6.07) is 4.47. The van der Waals surface area contributed by atoms with Crippen LogP contribution in [-0.4, -0.2) is 17.7 Å².